The molecule has 0 aliphatic rings. The number of nitrogens with zero attached hydrogens (tertiary/aromatic N) is 1. The number of nitrogens with one attached hydrogen (secondary N) is 1. The molecular weight excluding hydrogens is 573 g/mol. The summed E-state index contributed by atoms with van der Waals surface area (Å²) in [6, 6.07) is 47.0. The van der Waals surface area contributed by atoms with E-state index in [0.29, 0.717) is 0 Å². The van der Waals surface area contributed by atoms with E-state index in [0.717, 1.165) is 0 Å². The molecule has 0 atom stereocenters. The molecule has 0 aliphatic carbocycles. The zero-order valence-electron chi connectivity index (χ0n) is 23.4. The molecule has 0 saturated carbocycles. The highest BCUT2D eigenvalue weighted by molar-refractivity contribution is 7.27. The van der Waals surface area contributed by atoms with Crippen LogP contribution in [-0.2, 0) is 0 Å². The van der Waals surface area contributed by atoms with E-state index < -0.39 is 0 Å². The molecule has 0 aliphatic heterocycles. The quantitative estimate of drug-likeness (QED) is 0.195. The summed E-state index contributed by atoms with van der Waals surface area (Å²) >= 11 is 3.82. The van der Waals surface area contributed by atoms with E-state index in [4.69, 9.17) is 0 Å². The van der Waals surface area contributed by atoms with Gasteiger partial charge >= 0.3 is 0 Å². The van der Waals surface area contributed by atoms with Crippen molar-refractivity contribution >= 4 is 117 Å². The Morgan fingerprint density at radius 1 is 0.432 bits per heavy atom. The predicted octanol–water partition coefficient (Wildman–Crippen LogP) is 12.3. The molecule has 11 rings (SSSR count). The minimum Gasteiger partial charge on any atom is -0.354 e. The topological polar surface area (TPSA) is 20.7 Å². The van der Waals surface area contributed by atoms with Gasteiger partial charge in [-0.25, -0.2) is 0 Å². The van der Waals surface area contributed by atoms with Crippen LogP contribution in [0.15, 0.2) is 127 Å². The number of thiophene rings is 2. The molecular formula is C40H22N2S2. The van der Waals surface area contributed by atoms with Crippen molar-refractivity contribution in [1.29, 1.82) is 0 Å². The second kappa shape index (κ2) is 8.26. The maximum absolute atomic E-state index is 3.91. The van der Waals surface area contributed by atoms with Gasteiger partial charge in [-0.1, -0.05) is 78.9 Å². The first-order valence-electron chi connectivity index (χ1n) is 14.9. The highest BCUT2D eigenvalue weighted by Crippen LogP contribution is 2.50. The Bertz CT molecular complexity index is 2950. The first kappa shape index (κ1) is 23.3. The molecule has 0 fully saturated rings. The largest absolute Gasteiger partial charge is 0.354 e. The normalized spacial score (nSPS) is 12.5. The number of aromatic nitrogens is 2. The summed E-state index contributed by atoms with van der Waals surface area (Å²) in [5.74, 6) is 0. The van der Waals surface area contributed by atoms with Crippen molar-refractivity contribution in [1.82, 2.24) is 9.55 Å². The van der Waals surface area contributed by atoms with Gasteiger partial charge in [0.2, 0.25) is 0 Å². The lowest BCUT2D eigenvalue weighted by molar-refractivity contribution is 1.19. The number of hydrogen-bond donors (Lipinski definition) is 1. The third-order valence-electron chi connectivity index (χ3n) is 9.51. The van der Waals surface area contributed by atoms with Gasteiger partial charge in [-0.3, -0.25) is 0 Å². The van der Waals surface area contributed by atoms with Crippen LogP contribution in [0, 0.1) is 0 Å². The average Bonchev–Trinajstić information content (AvgIpc) is 3.83. The van der Waals surface area contributed by atoms with Crippen molar-refractivity contribution in [3.8, 4) is 5.69 Å². The molecule has 0 bridgehead atoms. The summed E-state index contributed by atoms with van der Waals surface area (Å²) < 4.78 is 7.81. The summed E-state index contributed by atoms with van der Waals surface area (Å²) in [6.07, 6.45) is 0. The van der Waals surface area contributed by atoms with Crippen LogP contribution in [0.3, 0.4) is 0 Å². The highest BCUT2D eigenvalue weighted by Gasteiger charge is 2.22. The lowest BCUT2D eigenvalue weighted by Crippen LogP contribution is -1.93. The number of H-pyrrole nitrogens is 1. The SMILES string of the molecule is c1ccc2c(c1)sc1ccc3c4[nH]c5ccc(-n6c7ccccc7c7ccccc76)cc5c4c4sc5ccccc5c4c3c12. The van der Waals surface area contributed by atoms with Crippen molar-refractivity contribution in [2.45, 2.75) is 0 Å². The van der Waals surface area contributed by atoms with E-state index in [9.17, 15) is 0 Å². The fourth-order valence-electron chi connectivity index (χ4n) is 7.71. The molecule has 0 amide bonds. The number of hydrogen-bond acceptors (Lipinski definition) is 2. The van der Waals surface area contributed by atoms with Gasteiger partial charge in [0.1, 0.15) is 0 Å². The average molecular weight is 595 g/mol. The van der Waals surface area contributed by atoms with Gasteiger partial charge in [0.15, 0.2) is 0 Å². The predicted molar refractivity (Wildman–Crippen MR) is 193 cm³/mol. The van der Waals surface area contributed by atoms with Crippen LogP contribution < -0.4 is 0 Å². The maximum Gasteiger partial charge on any atom is 0.0559 e. The number of para-hydroxylation sites is 2. The highest BCUT2D eigenvalue weighted by atomic mass is 32.1. The molecule has 0 saturated heterocycles. The zero-order chi connectivity index (χ0) is 28.5. The lowest BCUT2D eigenvalue weighted by Gasteiger charge is -2.09. The van der Waals surface area contributed by atoms with Crippen LogP contribution in [0.25, 0.3) is 100 Å². The van der Waals surface area contributed by atoms with Crippen LogP contribution in [0.5, 0.6) is 0 Å². The van der Waals surface area contributed by atoms with Crippen LogP contribution >= 0.6 is 22.7 Å². The first-order valence-corrected chi connectivity index (χ1v) is 16.6. The summed E-state index contributed by atoms with van der Waals surface area (Å²) in [6.45, 7) is 0. The lowest BCUT2D eigenvalue weighted by atomic mass is 9.96. The Morgan fingerprint density at radius 2 is 1.07 bits per heavy atom. The van der Waals surface area contributed by atoms with Crippen molar-refractivity contribution in [2.24, 2.45) is 0 Å². The molecule has 204 valence electrons. The van der Waals surface area contributed by atoms with Crippen molar-refractivity contribution < 1.29 is 0 Å². The fourth-order valence-corrected chi connectivity index (χ4v) is 10.1. The molecule has 4 aromatic heterocycles. The van der Waals surface area contributed by atoms with Gasteiger partial charge in [0.25, 0.3) is 0 Å². The smallest absolute Gasteiger partial charge is 0.0559 e. The van der Waals surface area contributed by atoms with E-state index in [2.05, 4.69) is 137 Å². The number of rotatable bonds is 1. The number of aromatic amines is 1. The molecule has 4 heterocycles. The Morgan fingerprint density at radius 3 is 1.82 bits per heavy atom. The summed E-state index contributed by atoms with van der Waals surface area (Å²) in [4.78, 5) is 3.91. The van der Waals surface area contributed by atoms with Gasteiger partial charge in [0, 0.05) is 83.9 Å². The standard InChI is InChI=1S/C40H22N2S2/c1-5-13-30-23(9-1)24-10-2-6-14-31(24)42(30)22-17-19-29-28(21-22)38-39(41-29)27-18-20-34-35(25-11-3-7-15-32(25)43-34)36(27)37-26-12-4-8-16-33(26)44-40(37)38/h1-21,41H. The molecule has 11 aromatic rings. The van der Waals surface area contributed by atoms with Crippen LogP contribution in [0.1, 0.15) is 0 Å². The monoisotopic (exact) mass is 594 g/mol. The van der Waals surface area contributed by atoms with E-state index >= 15 is 0 Å². The molecule has 1 N–H and O–H groups in total. The Labute approximate surface area is 259 Å². The second-order valence-corrected chi connectivity index (χ2v) is 13.9. The van der Waals surface area contributed by atoms with Crippen molar-refractivity contribution in [2.75, 3.05) is 0 Å². The summed E-state index contributed by atoms with van der Waals surface area (Å²) in [5, 5.41) is 13.3. The first-order chi connectivity index (χ1) is 21.8. The van der Waals surface area contributed by atoms with Gasteiger partial charge in [-0.2, -0.15) is 0 Å². The fraction of sp³-hybridized carbons (Fsp3) is 0. The Kier molecular flexibility index (Phi) is 4.38. The van der Waals surface area contributed by atoms with Gasteiger partial charge in [0.05, 0.1) is 16.6 Å². The Hall–Kier alpha value is -5.16. The van der Waals surface area contributed by atoms with Crippen molar-refractivity contribution in [3.63, 3.8) is 0 Å². The second-order valence-electron chi connectivity index (χ2n) is 11.7. The summed E-state index contributed by atoms with van der Waals surface area (Å²) in [5.41, 5.74) is 6.05. The maximum atomic E-state index is 3.91. The number of benzene rings is 7. The van der Waals surface area contributed by atoms with Crippen molar-refractivity contribution in [3.05, 3.63) is 127 Å². The third-order valence-corrected chi connectivity index (χ3v) is 11.8. The molecule has 2 nitrogen and oxygen atoms in total. The molecule has 0 radical (unpaired) electrons. The molecule has 0 spiro atoms. The van der Waals surface area contributed by atoms with Crippen LogP contribution in [-0.4, -0.2) is 9.55 Å². The van der Waals surface area contributed by atoms with Crippen LogP contribution in [0.4, 0.5) is 0 Å². The zero-order valence-corrected chi connectivity index (χ0v) is 25.0. The van der Waals surface area contributed by atoms with E-state index in [1.165, 1.54) is 100 Å². The minimum absolute atomic E-state index is 1.17. The van der Waals surface area contributed by atoms with E-state index in [-0.39, 0.29) is 0 Å². The molecule has 7 aromatic carbocycles. The van der Waals surface area contributed by atoms with Crippen LogP contribution in [0.2, 0.25) is 0 Å². The molecule has 4 heteroatoms. The minimum atomic E-state index is 1.17. The summed E-state index contributed by atoms with van der Waals surface area (Å²) in [7, 11) is 0. The van der Waals surface area contributed by atoms with Gasteiger partial charge in [-0.05, 0) is 48.5 Å². The van der Waals surface area contributed by atoms with Gasteiger partial charge in [-0.15, -0.1) is 22.7 Å². The molecule has 44 heavy (non-hydrogen) atoms. The molecule has 0 unspecified atom stereocenters. The Balaban J connectivity index is 1.35. The third kappa shape index (κ3) is 2.85. The van der Waals surface area contributed by atoms with E-state index in [1.807, 2.05) is 22.7 Å². The number of fused-ring (bicyclic) bond motifs is 17. The van der Waals surface area contributed by atoms with Gasteiger partial charge < -0.3 is 9.55 Å². The van der Waals surface area contributed by atoms with E-state index in [1.54, 1.807) is 0 Å².